The summed E-state index contributed by atoms with van der Waals surface area (Å²) in [5.74, 6) is -0.446. The molecular formula is C19H15FN4O. The van der Waals surface area contributed by atoms with Gasteiger partial charge in [-0.3, -0.25) is 4.79 Å². The van der Waals surface area contributed by atoms with Gasteiger partial charge in [-0.25, -0.2) is 9.07 Å². The van der Waals surface area contributed by atoms with Gasteiger partial charge in [-0.2, -0.15) is 5.10 Å². The van der Waals surface area contributed by atoms with Gasteiger partial charge in [-0.05, 0) is 30.3 Å². The molecule has 1 aromatic heterocycles. The monoisotopic (exact) mass is 334 g/mol. The summed E-state index contributed by atoms with van der Waals surface area (Å²) in [7, 11) is 0. The zero-order valence-electron chi connectivity index (χ0n) is 13.2. The number of rotatable bonds is 5. The van der Waals surface area contributed by atoms with Crippen molar-refractivity contribution in [3.05, 3.63) is 94.7 Å². The topological polar surface area (TPSA) is 70.8 Å². The molecule has 0 aliphatic rings. The van der Waals surface area contributed by atoms with E-state index in [1.54, 1.807) is 18.2 Å². The number of nitrogens with zero attached hydrogens (tertiary/aromatic N) is 2. The van der Waals surface area contributed by atoms with Crippen LogP contribution in [-0.2, 0) is 0 Å². The van der Waals surface area contributed by atoms with Crippen molar-refractivity contribution in [1.82, 2.24) is 9.78 Å². The van der Waals surface area contributed by atoms with Crippen LogP contribution < -0.4 is 10.7 Å². The quantitative estimate of drug-likeness (QED) is 0.702. The summed E-state index contributed by atoms with van der Waals surface area (Å²) in [5.41, 5.74) is 1.11. The first kappa shape index (κ1) is 16.3. The Balaban J connectivity index is 2.06. The van der Waals surface area contributed by atoms with Gasteiger partial charge in [-0.15, -0.1) is 0 Å². The van der Waals surface area contributed by atoms with Crippen LogP contribution in [-0.4, -0.2) is 16.0 Å². The molecule has 0 bridgehead atoms. The number of allylic oxidation sites excluding steroid dienone is 1. The predicted molar refractivity (Wildman–Crippen MR) is 96.6 cm³/mol. The molecule has 0 fully saturated rings. The van der Waals surface area contributed by atoms with Gasteiger partial charge in [0.2, 0.25) is 5.43 Å². The van der Waals surface area contributed by atoms with Gasteiger partial charge >= 0.3 is 0 Å². The highest BCUT2D eigenvalue weighted by Gasteiger charge is 2.11. The lowest BCUT2D eigenvalue weighted by Gasteiger charge is -2.12. The van der Waals surface area contributed by atoms with Crippen LogP contribution in [0.15, 0.2) is 77.7 Å². The largest absolute Gasteiger partial charge is 0.354 e. The summed E-state index contributed by atoms with van der Waals surface area (Å²) in [6.07, 6.45) is 3.91. The van der Waals surface area contributed by atoms with Crippen LogP contribution in [0.3, 0.4) is 0 Å². The third kappa shape index (κ3) is 3.69. The maximum atomic E-state index is 14.0. The summed E-state index contributed by atoms with van der Waals surface area (Å²) in [6, 6.07) is 16.7. The lowest BCUT2D eigenvalue weighted by Crippen LogP contribution is -2.18. The molecule has 0 radical (unpaired) electrons. The SMILES string of the molecule is N=C/C=C(\Nc1ccccc1)c1nn(-c2ccccc2F)ccc1=O. The number of benzene rings is 2. The first-order chi connectivity index (χ1) is 12.2. The first-order valence-corrected chi connectivity index (χ1v) is 7.57. The van der Waals surface area contributed by atoms with Crippen molar-refractivity contribution in [3.63, 3.8) is 0 Å². The molecule has 2 aromatic carbocycles. The minimum atomic E-state index is -0.446. The summed E-state index contributed by atoms with van der Waals surface area (Å²) < 4.78 is 15.3. The fraction of sp³-hybridized carbons (Fsp3) is 0. The van der Waals surface area contributed by atoms with E-state index in [4.69, 9.17) is 5.41 Å². The lowest BCUT2D eigenvalue weighted by molar-refractivity contribution is 0.608. The van der Waals surface area contributed by atoms with E-state index in [2.05, 4.69) is 10.4 Å². The molecule has 6 heteroatoms. The van der Waals surface area contributed by atoms with Crippen LogP contribution in [0.5, 0.6) is 0 Å². The van der Waals surface area contributed by atoms with Crippen LogP contribution in [0.25, 0.3) is 11.4 Å². The van der Waals surface area contributed by atoms with Crippen molar-refractivity contribution in [2.75, 3.05) is 5.32 Å². The van der Waals surface area contributed by atoms with Gasteiger partial charge < -0.3 is 10.7 Å². The minimum absolute atomic E-state index is 0.0955. The molecule has 0 spiro atoms. The molecule has 3 rings (SSSR count). The Labute approximate surface area is 143 Å². The van der Waals surface area contributed by atoms with Crippen molar-refractivity contribution < 1.29 is 4.39 Å². The van der Waals surface area contributed by atoms with Crippen LogP contribution in [0.2, 0.25) is 0 Å². The molecule has 0 unspecified atom stereocenters. The summed E-state index contributed by atoms with van der Waals surface area (Å²) in [6.45, 7) is 0. The number of halogens is 1. The van der Waals surface area contributed by atoms with Gasteiger partial charge in [0.15, 0.2) is 5.69 Å². The number of hydrogen-bond donors (Lipinski definition) is 2. The second-order valence-electron chi connectivity index (χ2n) is 5.16. The summed E-state index contributed by atoms with van der Waals surface area (Å²) >= 11 is 0. The molecule has 1 heterocycles. The third-order valence-corrected chi connectivity index (χ3v) is 3.47. The van der Waals surface area contributed by atoms with Crippen molar-refractivity contribution in [3.8, 4) is 5.69 Å². The number of aromatic nitrogens is 2. The maximum Gasteiger partial charge on any atom is 0.209 e. The molecule has 0 amide bonds. The standard InChI is InChI=1S/C19H15FN4O/c20-15-8-4-5-9-17(15)24-13-11-18(25)19(23-24)16(10-12-21)22-14-6-2-1-3-7-14/h1-13,21-22H/b16-10-,21-12?. The Hall–Kier alpha value is -3.54. The predicted octanol–water partition coefficient (Wildman–Crippen LogP) is 3.47. The molecule has 25 heavy (non-hydrogen) atoms. The summed E-state index contributed by atoms with van der Waals surface area (Å²) in [5, 5.41) is 14.7. The van der Waals surface area contributed by atoms with Crippen LogP contribution in [0.1, 0.15) is 5.69 Å². The first-order valence-electron chi connectivity index (χ1n) is 7.57. The van der Waals surface area contributed by atoms with Crippen molar-refractivity contribution >= 4 is 17.6 Å². The molecule has 0 aliphatic carbocycles. The van der Waals surface area contributed by atoms with Gasteiger partial charge in [0.1, 0.15) is 11.5 Å². The average Bonchev–Trinajstić information content (AvgIpc) is 2.63. The van der Waals surface area contributed by atoms with Crippen LogP contribution >= 0.6 is 0 Å². The second-order valence-corrected chi connectivity index (χ2v) is 5.16. The highest BCUT2D eigenvalue weighted by Crippen LogP contribution is 2.16. The number of anilines is 1. The Bertz CT molecular complexity index is 980. The molecule has 0 saturated carbocycles. The van der Waals surface area contributed by atoms with Crippen molar-refractivity contribution in [2.45, 2.75) is 0 Å². The van der Waals surface area contributed by atoms with Gasteiger partial charge in [0, 0.05) is 24.2 Å². The molecule has 0 atom stereocenters. The van der Waals surface area contributed by atoms with Crippen LogP contribution in [0.4, 0.5) is 10.1 Å². The zero-order valence-corrected chi connectivity index (χ0v) is 13.2. The molecule has 5 nitrogen and oxygen atoms in total. The van der Waals surface area contributed by atoms with E-state index in [0.29, 0.717) is 5.70 Å². The van der Waals surface area contributed by atoms with Crippen LogP contribution in [0, 0.1) is 11.2 Å². The normalized spacial score (nSPS) is 11.2. The van der Waals surface area contributed by atoms with E-state index in [1.807, 2.05) is 30.3 Å². The Morgan fingerprint density at radius 2 is 1.80 bits per heavy atom. The summed E-state index contributed by atoms with van der Waals surface area (Å²) in [4.78, 5) is 12.3. The van der Waals surface area contributed by atoms with E-state index in [9.17, 15) is 9.18 Å². The van der Waals surface area contributed by atoms with E-state index in [1.165, 1.54) is 29.1 Å². The third-order valence-electron chi connectivity index (χ3n) is 3.47. The van der Waals surface area contributed by atoms with E-state index >= 15 is 0 Å². The smallest absolute Gasteiger partial charge is 0.209 e. The van der Waals surface area contributed by atoms with Crippen molar-refractivity contribution in [1.29, 1.82) is 5.41 Å². The average molecular weight is 334 g/mol. The van der Waals surface area contributed by atoms with E-state index < -0.39 is 5.82 Å². The van der Waals surface area contributed by atoms with Crippen molar-refractivity contribution in [2.24, 2.45) is 0 Å². The Morgan fingerprint density at radius 1 is 1.08 bits per heavy atom. The molecule has 124 valence electrons. The fourth-order valence-corrected chi connectivity index (χ4v) is 2.31. The van der Waals surface area contributed by atoms with Gasteiger partial charge in [0.05, 0.1) is 5.70 Å². The molecule has 2 N–H and O–H groups in total. The minimum Gasteiger partial charge on any atom is -0.354 e. The molecule has 0 aliphatic heterocycles. The molecular weight excluding hydrogens is 319 g/mol. The molecule has 3 aromatic rings. The van der Waals surface area contributed by atoms with Gasteiger partial charge in [0.25, 0.3) is 0 Å². The van der Waals surface area contributed by atoms with E-state index in [-0.39, 0.29) is 16.8 Å². The Kier molecular flexibility index (Phi) is 4.80. The molecule has 0 saturated heterocycles. The fourth-order valence-electron chi connectivity index (χ4n) is 2.31. The lowest BCUT2D eigenvalue weighted by atomic mass is 10.2. The highest BCUT2D eigenvalue weighted by molar-refractivity contribution is 5.86. The highest BCUT2D eigenvalue weighted by atomic mass is 19.1. The maximum absolute atomic E-state index is 14.0. The Morgan fingerprint density at radius 3 is 2.52 bits per heavy atom. The number of nitrogens with one attached hydrogen (secondary N) is 2. The second kappa shape index (κ2) is 7.35. The van der Waals surface area contributed by atoms with Gasteiger partial charge in [-0.1, -0.05) is 30.3 Å². The number of hydrogen-bond acceptors (Lipinski definition) is 4. The zero-order chi connectivity index (χ0) is 17.6. The number of para-hydroxylation sites is 2. The van der Waals surface area contributed by atoms with E-state index in [0.717, 1.165) is 11.9 Å².